The van der Waals surface area contributed by atoms with Crippen molar-refractivity contribution in [3.05, 3.63) is 96.7 Å². The van der Waals surface area contributed by atoms with Crippen molar-refractivity contribution in [2.24, 2.45) is 0 Å². The third kappa shape index (κ3) is 6.15. The fraction of sp³-hybridized carbons (Fsp3) is 0.125. The fourth-order valence-corrected chi connectivity index (χ4v) is 3.23. The first-order valence-electron chi connectivity index (χ1n) is 9.14. The van der Waals surface area contributed by atoms with Gasteiger partial charge in [0.05, 0.1) is 5.52 Å². The van der Waals surface area contributed by atoms with Crippen molar-refractivity contribution >= 4 is 21.7 Å². The van der Waals surface area contributed by atoms with Gasteiger partial charge in [-0.25, -0.2) is 12.1 Å². The summed E-state index contributed by atoms with van der Waals surface area (Å²) in [6, 6.07) is 29.4. The standard InChI is InChI=1S/C16H11N2.C8H11.2ClH.Zr/c1-2-6-13-10-15(9-12(13)5-1)18-11-14-7-3-4-8-16(14)17-18;1-2-5-8-6-3-4-7-8;;;/h1-11H;3-4,6-7H,2,5H2,1H3;2*1H;/q2*-1;;;+4/p-2. The number of halogens is 2. The Hall–Kier alpha value is -1.67. The van der Waals surface area contributed by atoms with E-state index in [4.69, 9.17) is 0 Å². The van der Waals surface area contributed by atoms with Crippen LogP contribution in [0.1, 0.15) is 18.9 Å². The van der Waals surface area contributed by atoms with E-state index in [1.165, 1.54) is 34.6 Å². The van der Waals surface area contributed by atoms with E-state index in [-0.39, 0.29) is 51.0 Å². The Bertz CT molecular complexity index is 972. The summed E-state index contributed by atoms with van der Waals surface area (Å²) in [5, 5.41) is 8.28. The van der Waals surface area contributed by atoms with Gasteiger partial charge in [-0.05, 0) is 11.8 Å². The number of aromatic nitrogens is 2. The van der Waals surface area contributed by atoms with Gasteiger partial charge in [-0.2, -0.15) is 22.8 Å². The summed E-state index contributed by atoms with van der Waals surface area (Å²) in [4.78, 5) is 0. The molecule has 0 atom stereocenters. The van der Waals surface area contributed by atoms with Crippen LogP contribution in [0.2, 0.25) is 0 Å². The minimum atomic E-state index is 0. The normalized spacial score (nSPS) is 9.69. The van der Waals surface area contributed by atoms with Gasteiger partial charge < -0.3 is 24.8 Å². The van der Waals surface area contributed by atoms with E-state index >= 15 is 0 Å². The summed E-state index contributed by atoms with van der Waals surface area (Å²) in [5.74, 6) is 0. The quantitative estimate of drug-likeness (QED) is 0.325. The summed E-state index contributed by atoms with van der Waals surface area (Å²) >= 11 is 0. The zero-order valence-electron chi connectivity index (χ0n) is 16.2. The Morgan fingerprint density at radius 3 is 2.21 bits per heavy atom. The van der Waals surface area contributed by atoms with Crippen LogP contribution in [-0.2, 0) is 32.6 Å². The number of rotatable bonds is 3. The molecule has 0 fully saturated rings. The number of fused-ring (bicyclic) bond motifs is 2. The van der Waals surface area contributed by atoms with E-state index < -0.39 is 0 Å². The molecule has 5 aromatic rings. The molecule has 0 aliphatic rings. The number of aryl methyl sites for hydroxylation is 1. The van der Waals surface area contributed by atoms with Crippen LogP contribution in [0.4, 0.5) is 0 Å². The summed E-state index contributed by atoms with van der Waals surface area (Å²) in [6.07, 6.45) is 4.56. The van der Waals surface area contributed by atoms with Crippen molar-refractivity contribution in [1.82, 2.24) is 9.78 Å². The molecule has 4 aromatic carbocycles. The fourth-order valence-electron chi connectivity index (χ4n) is 3.23. The molecule has 0 amide bonds. The molecule has 0 spiro atoms. The number of nitrogens with zero attached hydrogens (tertiary/aromatic N) is 2. The van der Waals surface area contributed by atoms with Gasteiger partial charge in [0.15, 0.2) is 0 Å². The van der Waals surface area contributed by atoms with Gasteiger partial charge in [-0.1, -0.05) is 44.0 Å². The van der Waals surface area contributed by atoms with Gasteiger partial charge in [-0.15, -0.1) is 41.1 Å². The molecule has 0 saturated carbocycles. The van der Waals surface area contributed by atoms with Crippen LogP contribution in [0.5, 0.6) is 0 Å². The van der Waals surface area contributed by atoms with Crippen molar-refractivity contribution in [3.8, 4) is 5.69 Å². The predicted octanol–water partition coefficient (Wildman–Crippen LogP) is 0.261. The molecule has 146 valence electrons. The van der Waals surface area contributed by atoms with E-state index in [1.54, 1.807) is 0 Å². The van der Waals surface area contributed by atoms with Crippen LogP contribution in [0.15, 0.2) is 91.1 Å². The van der Waals surface area contributed by atoms with Gasteiger partial charge in [0.2, 0.25) is 0 Å². The maximum absolute atomic E-state index is 4.59. The number of hydrogen-bond acceptors (Lipinski definition) is 1. The largest absolute Gasteiger partial charge is 4.00 e. The number of hydrogen-bond donors (Lipinski definition) is 0. The summed E-state index contributed by atoms with van der Waals surface area (Å²) < 4.78 is 1.95. The third-order valence-electron chi connectivity index (χ3n) is 4.55. The molecule has 1 aromatic heterocycles. The number of benzene rings is 2. The molecule has 0 unspecified atom stereocenters. The SMILES string of the molecule is CCC[c-]1cccc1.[Cl-].[Cl-].[Zr+4].c1ccc2[cH-]c(-n3cc4ccccc4n3)cc2c1. The molecule has 0 N–H and O–H groups in total. The molecular weight excluding hydrogens is 478 g/mol. The van der Waals surface area contributed by atoms with Gasteiger partial charge >= 0.3 is 26.2 Å². The molecule has 5 rings (SSSR count). The van der Waals surface area contributed by atoms with E-state index in [0.717, 1.165) is 11.2 Å². The Morgan fingerprint density at radius 2 is 1.55 bits per heavy atom. The summed E-state index contributed by atoms with van der Waals surface area (Å²) in [7, 11) is 0. The van der Waals surface area contributed by atoms with Crippen LogP contribution in [-0.4, -0.2) is 9.78 Å². The first-order chi connectivity index (χ1) is 12.8. The summed E-state index contributed by atoms with van der Waals surface area (Å²) in [6.45, 7) is 2.20. The second-order valence-corrected chi connectivity index (χ2v) is 6.52. The van der Waals surface area contributed by atoms with Gasteiger partial charge in [0.1, 0.15) is 0 Å². The van der Waals surface area contributed by atoms with Crippen LogP contribution < -0.4 is 24.8 Å². The van der Waals surface area contributed by atoms with Crippen molar-refractivity contribution in [3.63, 3.8) is 0 Å². The van der Waals surface area contributed by atoms with Crippen LogP contribution in [0, 0.1) is 0 Å². The topological polar surface area (TPSA) is 17.8 Å². The Labute approximate surface area is 203 Å². The second kappa shape index (κ2) is 12.1. The van der Waals surface area contributed by atoms with Gasteiger partial charge in [0, 0.05) is 11.6 Å². The molecule has 1 heterocycles. The van der Waals surface area contributed by atoms with Gasteiger partial charge in [-0.3, -0.25) is 4.68 Å². The molecule has 0 aliphatic carbocycles. The Morgan fingerprint density at radius 1 is 0.897 bits per heavy atom. The average molecular weight is 501 g/mol. The monoisotopic (exact) mass is 498 g/mol. The van der Waals surface area contributed by atoms with Gasteiger partial charge in [0.25, 0.3) is 0 Å². The van der Waals surface area contributed by atoms with Crippen molar-refractivity contribution in [1.29, 1.82) is 0 Å². The zero-order valence-corrected chi connectivity index (χ0v) is 20.2. The first-order valence-corrected chi connectivity index (χ1v) is 9.14. The molecule has 29 heavy (non-hydrogen) atoms. The summed E-state index contributed by atoms with van der Waals surface area (Å²) in [5.41, 5.74) is 3.61. The van der Waals surface area contributed by atoms with Crippen molar-refractivity contribution in [2.75, 3.05) is 0 Å². The average Bonchev–Trinajstić information content (AvgIpc) is 3.40. The Kier molecular flexibility index (Phi) is 10.6. The smallest absolute Gasteiger partial charge is 1.00 e. The molecule has 0 radical (unpaired) electrons. The predicted molar refractivity (Wildman–Crippen MR) is 110 cm³/mol. The van der Waals surface area contributed by atoms with Crippen LogP contribution in [0.3, 0.4) is 0 Å². The maximum Gasteiger partial charge on any atom is 4.00 e. The van der Waals surface area contributed by atoms with Crippen LogP contribution >= 0.6 is 0 Å². The third-order valence-corrected chi connectivity index (χ3v) is 4.55. The van der Waals surface area contributed by atoms with Crippen molar-refractivity contribution in [2.45, 2.75) is 19.8 Å². The van der Waals surface area contributed by atoms with Crippen LogP contribution in [0.25, 0.3) is 27.4 Å². The zero-order chi connectivity index (χ0) is 17.8. The minimum absolute atomic E-state index is 0. The van der Waals surface area contributed by atoms with Crippen molar-refractivity contribution < 1.29 is 51.0 Å². The molecule has 0 saturated heterocycles. The molecule has 0 bridgehead atoms. The first kappa shape index (κ1) is 25.4. The minimum Gasteiger partial charge on any atom is -1.00 e. The van der Waals surface area contributed by atoms with E-state index in [2.05, 4.69) is 84.9 Å². The van der Waals surface area contributed by atoms with E-state index in [1.807, 2.05) is 22.9 Å². The van der Waals surface area contributed by atoms with E-state index in [9.17, 15) is 0 Å². The molecule has 2 nitrogen and oxygen atoms in total. The molecule has 5 heteroatoms. The Balaban J connectivity index is 0.000000332. The molecular formula is C24H22Cl2N2Zr. The maximum atomic E-state index is 4.59. The van der Waals surface area contributed by atoms with E-state index in [0.29, 0.717) is 0 Å². The molecule has 0 aliphatic heterocycles. The second-order valence-electron chi connectivity index (χ2n) is 6.52.